The summed E-state index contributed by atoms with van der Waals surface area (Å²) in [5.41, 5.74) is 5.61. The highest BCUT2D eigenvalue weighted by Gasteiger charge is 2.06. The van der Waals surface area contributed by atoms with Gasteiger partial charge in [-0.2, -0.15) is 0 Å². The van der Waals surface area contributed by atoms with Crippen molar-refractivity contribution in [2.75, 3.05) is 0 Å². The minimum Gasteiger partial charge on any atom is -0.0689 e. The molecule has 0 amide bonds. The number of hydrogen-bond acceptors (Lipinski definition) is 0. The van der Waals surface area contributed by atoms with Gasteiger partial charge in [0.1, 0.15) is 0 Å². The van der Waals surface area contributed by atoms with Crippen LogP contribution in [0.4, 0.5) is 0 Å². The van der Waals surface area contributed by atoms with Gasteiger partial charge in [-0.25, -0.2) is 0 Å². The minimum atomic E-state index is 1.11. The van der Waals surface area contributed by atoms with Crippen LogP contribution < -0.4 is 0 Å². The van der Waals surface area contributed by atoms with Gasteiger partial charge in [0.05, 0.1) is 0 Å². The van der Waals surface area contributed by atoms with Gasteiger partial charge in [-0.3, -0.25) is 0 Å². The normalized spacial score (nSPS) is 15.5. The van der Waals surface area contributed by atoms with E-state index in [1.54, 1.807) is 0 Å². The molecule has 0 saturated heterocycles. The highest BCUT2D eigenvalue weighted by atomic mass is 14.1. The summed E-state index contributed by atoms with van der Waals surface area (Å²) in [4.78, 5) is 0. The van der Waals surface area contributed by atoms with Gasteiger partial charge in [-0.15, -0.1) is 0 Å². The Morgan fingerprint density at radius 1 is 1.08 bits per heavy atom. The summed E-state index contributed by atoms with van der Waals surface area (Å²) in [5.74, 6) is 0. The molecular formula is C13H14. The van der Waals surface area contributed by atoms with E-state index in [0.717, 1.165) is 6.42 Å². The molecule has 2 rings (SSSR count). The van der Waals surface area contributed by atoms with Crippen molar-refractivity contribution in [3.8, 4) is 0 Å². The fourth-order valence-electron chi connectivity index (χ4n) is 1.70. The number of aryl methyl sites for hydroxylation is 1. The van der Waals surface area contributed by atoms with E-state index in [1.165, 1.54) is 22.3 Å². The molecule has 0 fully saturated rings. The molecule has 0 saturated carbocycles. The predicted molar refractivity (Wildman–Crippen MR) is 57.5 cm³/mol. The van der Waals surface area contributed by atoms with Crippen LogP contribution in [0.2, 0.25) is 0 Å². The van der Waals surface area contributed by atoms with Crippen molar-refractivity contribution >= 4 is 5.57 Å². The Hall–Kier alpha value is -1.30. The molecule has 0 aliphatic heterocycles. The number of hydrogen-bond donors (Lipinski definition) is 0. The smallest absolute Gasteiger partial charge is 0.00608 e. The highest BCUT2D eigenvalue weighted by Crippen LogP contribution is 2.27. The van der Waals surface area contributed by atoms with Gasteiger partial charge in [0.15, 0.2) is 0 Å². The Bertz CT molecular complexity index is 381. The lowest BCUT2D eigenvalue weighted by atomic mass is 10.0. The van der Waals surface area contributed by atoms with E-state index in [9.17, 15) is 0 Å². The fourth-order valence-corrected chi connectivity index (χ4v) is 1.70. The lowest BCUT2D eigenvalue weighted by Crippen LogP contribution is -1.82. The molecule has 0 radical (unpaired) electrons. The third-order valence-electron chi connectivity index (χ3n) is 2.43. The van der Waals surface area contributed by atoms with Crippen LogP contribution in [0.1, 0.15) is 24.5 Å². The van der Waals surface area contributed by atoms with Crippen LogP contribution >= 0.6 is 0 Å². The first kappa shape index (κ1) is 8.31. The fraction of sp³-hybridized carbons (Fsp3) is 0.231. The van der Waals surface area contributed by atoms with E-state index in [-0.39, 0.29) is 0 Å². The van der Waals surface area contributed by atoms with Crippen molar-refractivity contribution in [2.45, 2.75) is 20.3 Å². The van der Waals surface area contributed by atoms with Crippen molar-refractivity contribution in [1.82, 2.24) is 0 Å². The van der Waals surface area contributed by atoms with Gasteiger partial charge in [-0.1, -0.05) is 47.6 Å². The average Bonchev–Trinajstić information content (AvgIpc) is 2.52. The Morgan fingerprint density at radius 2 is 1.92 bits per heavy atom. The number of rotatable bonds is 1. The largest absolute Gasteiger partial charge is 0.0689 e. The van der Waals surface area contributed by atoms with E-state index in [1.807, 2.05) is 0 Å². The summed E-state index contributed by atoms with van der Waals surface area (Å²) in [7, 11) is 0. The third kappa shape index (κ3) is 1.72. The van der Waals surface area contributed by atoms with Crippen LogP contribution in [0.5, 0.6) is 0 Å². The second-order valence-electron chi connectivity index (χ2n) is 3.75. The van der Waals surface area contributed by atoms with Gasteiger partial charge in [0.2, 0.25) is 0 Å². The maximum atomic E-state index is 2.25. The van der Waals surface area contributed by atoms with E-state index in [2.05, 4.69) is 50.3 Å². The molecule has 0 bridgehead atoms. The summed E-state index contributed by atoms with van der Waals surface area (Å²) in [6.45, 7) is 4.32. The molecule has 0 heterocycles. The first-order valence-electron chi connectivity index (χ1n) is 4.69. The Balaban J connectivity index is 2.29. The highest BCUT2D eigenvalue weighted by molar-refractivity contribution is 5.72. The summed E-state index contributed by atoms with van der Waals surface area (Å²) in [6.07, 6.45) is 5.55. The van der Waals surface area contributed by atoms with Crippen molar-refractivity contribution in [1.29, 1.82) is 0 Å². The zero-order chi connectivity index (χ0) is 9.26. The van der Waals surface area contributed by atoms with Crippen molar-refractivity contribution < 1.29 is 0 Å². The molecule has 1 aliphatic carbocycles. The van der Waals surface area contributed by atoms with E-state index >= 15 is 0 Å². The van der Waals surface area contributed by atoms with Crippen molar-refractivity contribution in [3.63, 3.8) is 0 Å². The SMILES string of the molecule is CC1=CC=C(c2cccc(C)c2)C1. The second-order valence-corrected chi connectivity index (χ2v) is 3.75. The van der Waals surface area contributed by atoms with E-state index in [4.69, 9.17) is 0 Å². The Labute approximate surface area is 79.6 Å². The maximum absolute atomic E-state index is 2.25. The lowest BCUT2D eigenvalue weighted by Gasteiger charge is -2.03. The predicted octanol–water partition coefficient (Wildman–Crippen LogP) is 3.73. The van der Waals surface area contributed by atoms with Gasteiger partial charge in [0, 0.05) is 0 Å². The minimum absolute atomic E-state index is 1.11. The second kappa shape index (κ2) is 3.21. The first-order valence-corrected chi connectivity index (χ1v) is 4.69. The molecule has 0 N–H and O–H groups in total. The topological polar surface area (TPSA) is 0 Å². The molecule has 0 aromatic heterocycles. The zero-order valence-electron chi connectivity index (χ0n) is 8.17. The van der Waals surface area contributed by atoms with Gasteiger partial charge in [0.25, 0.3) is 0 Å². The zero-order valence-corrected chi connectivity index (χ0v) is 8.17. The van der Waals surface area contributed by atoms with Crippen molar-refractivity contribution in [2.24, 2.45) is 0 Å². The molecule has 1 aliphatic rings. The lowest BCUT2D eigenvalue weighted by molar-refractivity contribution is 1.26. The Kier molecular flexibility index (Phi) is 2.05. The van der Waals surface area contributed by atoms with Crippen LogP contribution in [0, 0.1) is 6.92 Å². The molecule has 0 nitrogen and oxygen atoms in total. The molecule has 0 heteroatoms. The molecule has 1 aromatic rings. The van der Waals surface area contributed by atoms with Crippen molar-refractivity contribution in [3.05, 3.63) is 53.1 Å². The van der Waals surface area contributed by atoms with Gasteiger partial charge < -0.3 is 0 Å². The van der Waals surface area contributed by atoms with Gasteiger partial charge in [-0.05, 0) is 31.4 Å². The quantitative estimate of drug-likeness (QED) is 0.602. The average molecular weight is 170 g/mol. The molecule has 0 spiro atoms. The van der Waals surface area contributed by atoms with Crippen LogP contribution in [0.3, 0.4) is 0 Å². The summed E-state index contributed by atoms with van der Waals surface area (Å²) in [5, 5.41) is 0. The molecule has 0 atom stereocenters. The monoisotopic (exact) mass is 170 g/mol. The van der Waals surface area contributed by atoms with Crippen LogP contribution in [0.25, 0.3) is 5.57 Å². The Morgan fingerprint density at radius 3 is 2.54 bits per heavy atom. The summed E-state index contributed by atoms with van der Waals surface area (Å²) in [6, 6.07) is 8.70. The van der Waals surface area contributed by atoms with E-state index < -0.39 is 0 Å². The summed E-state index contributed by atoms with van der Waals surface area (Å²) < 4.78 is 0. The number of benzene rings is 1. The first-order chi connectivity index (χ1) is 6.25. The van der Waals surface area contributed by atoms with E-state index in [0.29, 0.717) is 0 Å². The molecule has 13 heavy (non-hydrogen) atoms. The molecule has 66 valence electrons. The standard InChI is InChI=1S/C13H14/c1-10-4-3-5-12(8-10)13-7-6-11(2)9-13/h3-8H,9H2,1-2H3. The third-order valence-corrected chi connectivity index (χ3v) is 2.43. The van der Waals surface area contributed by atoms with Crippen LogP contribution in [0.15, 0.2) is 42.0 Å². The number of allylic oxidation sites excluding steroid dienone is 4. The molecular weight excluding hydrogens is 156 g/mol. The van der Waals surface area contributed by atoms with Crippen LogP contribution in [-0.2, 0) is 0 Å². The van der Waals surface area contributed by atoms with Gasteiger partial charge >= 0.3 is 0 Å². The summed E-state index contributed by atoms with van der Waals surface area (Å²) >= 11 is 0. The van der Waals surface area contributed by atoms with Crippen LogP contribution in [-0.4, -0.2) is 0 Å². The molecule has 1 aromatic carbocycles. The molecule has 0 unspecified atom stereocenters. The maximum Gasteiger partial charge on any atom is -0.00608 e.